The van der Waals surface area contributed by atoms with Gasteiger partial charge in [0.2, 0.25) is 0 Å². The minimum absolute atomic E-state index is 0.246. The van der Waals surface area contributed by atoms with Crippen LogP contribution in [0.3, 0.4) is 0 Å². The Bertz CT molecular complexity index is 507. The lowest BCUT2D eigenvalue weighted by Gasteiger charge is -2.02. The van der Waals surface area contributed by atoms with Crippen molar-refractivity contribution in [1.29, 1.82) is 0 Å². The molecule has 0 aliphatic heterocycles. The summed E-state index contributed by atoms with van der Waals surface area (Å²) in [5.74, 6) is 0. The van der Waals surface area contributed by atoms with Crippen LogP contribution in [0.5, 0.6) is 0 Å². The van der Waals surface area contributed by atoms with Gasteiger partial charge >= 0.3 is 0 Å². The molecular formula is C10H12O3S2. The van der Waals surface area contributed by atoms with Crippen LogP contribution in [0.2, 0.25) is 0 Å². The molecule has 0 N–H and O–H groups in total. The van der Waals surface area contributed by atoms with Crippen LogP contribution in [0.15, 0.2) is 4.90 Å². The van der Waals surface area contributed by atoms with Gasteiger partial charge in [0.1, 0.15) is 0 Å². The number of aryl methyl sites for hydroxylation is 2. The molecule has 15 heavy (non-hydrogen) atoms. The first-order valence-corrected chi connectivity index (χ1v) is 7.14. The van der Waals surface area contributed by atoms with Gasteiger partial charge in [0.15, 0.2) is 16.1 Å². The molecule has 0 radical (unpaired) electrons. The van der Waals surface area contributed by atoms with E-state index < -0.39 is 9.84 Å². The molecular weight excluding hydrogens is 232 g/mol. The van der Waals surface area contributed by atoms with Crippen molar-refractivity contribution in [1.82, 2.24) is 0 Å². The first kappa shape index (κ1) is 10.8. The SMILES string of the molecule is Cc1sc(C)c(S(=O)(=O)C2CC2)c1C=O. The van der Waals surface area contributed by atoms with E-state index in [1.54, 1.807) is 13.8 Å². The summed E-state index contributed by atoms with van der Waals surface area (Å²) < 4.78 is 24.1. The Labute approximate surface area is 93.0 Å². The maximum atomic E-state index is 12.1. The number of carbonyl (C=O) groups is 1. The lowest BCUT2D eigenvalue weighted by Crippen LogP contribution is -2.09. The minimum Gasteiger partial charge on any atom is -0.298 e. The summed E-state index contributed by atoms with van der Waals surface area (Å²) in [6, 6.07) is 0. The van der Waals surface area contributed by atoms with Gasteiger partial charge in [0.25, 0.3) is 0 Å². The van der Waals surface area contributed by atoms with E-state index >= 15 is 0 Å². The molecule has 0 amide bonds. The topological polar surface area (TPSA) is 51.2 Å². The van der Waals surface area contributed by atoms with E-state index in [0.717, 1.165) is 22.6 Å². The van der Waals surface area contributed by atoms with Gasteiger partial charge in [-0.3, -0.25) is 4.79 Å². The van der Waals surface area contributed by atoms with Crippen LogP contribution in [-0.4, -0.2) is 20.0 Å². The van der Waals surface area contributed by atoms with Crippen LogP contribution < -0.4 is 0 Å². The fourth-order valence-electron chi connectivity index (χ4n) is 1.72. The zero-order valence-corrected chi connectivity index (χ0v) is 10.2. The number of hydrogen-bond acceptors (Lipinski definition) is 4. The molecule has 2 rings (SSSR count). The summed E-state index contributed by atoms with van der Waals surface area (Å²) in [7, 11) is -3.24. The normalized spacial score (nSPS) is 16.7. The van der Waals surface area contributed by atoms with Crippen LogP contribution in [-0.2, 0) is 9.84 Å². The Hall–Kier alpha value is -0.680. The number of carbonyl (C=O) groups excluding carboxylic acids is 1. The molecule has 1 aromatic heterocycles. The van der Waals surface area contributed by atoms with Crippen LogP contribution in [0.4, 0.5) is 0 Å². The molecule has 82 valence electrons. The molecule has 0 bridgehead atoms. The van der Waals surface area contributed by atoms with Crippen molar-refractivity contribution in [2.45, 2.75) is 36.8 Å². The lowest BCUT2D eigenvalue weighted by molar-refractivity contribution is 0.112. The number of rotatable bonds is 3. The monoisotopic (exact) mass is 244 g/mol. The number of sulfone groups is 1. The van der Waals surface area contributed by atoms with Gasteiger partial charge in [0, 0.05) is 15.3 Å². The van der Waals surface area contributed by atoms with E-state index in [1.807, 2.05) is 0 Å². The molecule has 1 aliphatic carbocycles. The second kappa shape index (κ2) is 3.42. The van der Waals surface area contributed by atoms with Gasteiger partial charge in [-0.25, -0.2) is 8.42 Å². The Balaban J connectivity index is 2.65. The average molecular weight is 244 g/mol. The predicted octanol–water partition coefficient (Wildman–Crippen LogP) is 2.11. The molecule has 0 spiro atoms. The quantitative estimate of drug-likeness (QED) is 0.765. The van der Waals surface area contributed by atoms with Crippen molar-refractivity contribution < 1.29 is 13.2 Å². The maximum Gasteiger partial charge on any atom is 0.183 e. The highest BCUT2D eigenvalue weighted by Gasteiger charge is 2.40. The van der Waals surface area contributed by atoms with Crippen molar-refractivity contribution >= 4 is 27.5 Å². The summed E-state index contributed by atoms with van der Waals surface area (Å²) in [5, 5.41) is -0.246. The van der Waals surface area contributed by atoms with Crippen molar-refractivity contribution in [2.75, 3.05) is 0 Å². The molecule has 3 nitrogen and oxygen atoms in total. The van der Waals surface area contributed by atoms with Crippen molar-refractivity contribution in [3.8, 4) is 0 Å². The Kier molecular flexibility index (Phi) is 2.47. The van der Waals surface area contributed by atoms with Crippen molar-refractivity contribution in [3.05, 3.63) is 15.3 Å². The van der Waals surface area contributed by atoms with E-state index in [-0.39, 0.29) is 10.1 Å². The lowest BCUT2D eigenvalue weighted by atomic mass is 10.3. The molecule has 5 heteroatoms. The van der Waals surface area contributed by atoms with E-state index in [0.29, 0.717) is 11.8 Å². The number of hydrogen-bond donors (Lipinski definition) is 0. The summed E-state index contributed by atoms with van der Waals surface area (Å²) in [5.41, 5.74) is 0.365. The summed E-state index contributed by atoms with van der Waals surface area (Å²) in [4.78, 5) is 12.7. The molecule has 0 aromatic carbocycles. The Morgan fingerprint density at radius 1 is 1.27 bits per heavy atom. The van der Waals surface area contributed by atoms with Gasteiger partial charge in [-0.1, -0.05) is 0 Å². The zero-order chi connectivity index (χ0) is 11.2. The van der Waals surface area contributed by atoms with Gasteiger partial charge in [-0.05, 0) is 26.7 Å². The van der Waals surface area contributed by atoms with Crippen LogP contribution in [0.1, 0.15) is 33.0 Å². The molecule has 1 aliphatic rings. The number of thiophene rings is 1. The van der Waals surface area contributed by atoms with E-state index in [1.165, 1.54) is 11.3 Å². The maximum absolute atomic E-state index is 12.1. The summed E-state index contributed by atoms with van der Waals surface area (Å²) >= 11 is 1.38. The fourth-order valence-corrected chi connectivity index (χ4v) is 5.17. The van der Waals surface area contributed by atoms with E-state index in [9.17, 15) is 13.2 Å². The second-order valence-corrected chi connectivity index (χ2v) is 7.41. The highest BCUT2D eigenvalue weighted by atomic mass is 32.2. The summed E-state index contributed by atoms with van der Waals surface area (Å²) in [6.07, 6.45) is 2.12. The first-order chi connectivity index (χ1) is 6.98. The third-order valence-corrected chi connectivity index (χ3v) is 6.23. The van der Waals surface area contributed by atoms with Crippen LogP contribution in [0.25, 0.3) is 0 Å². The highest BCUT2D eigenvalue weighted by Crippen LogP contribution is 2.39. The Morgan fingerprint density at radius 3 is 2.33 bits per heavy atom. The molecule has 1 heterocycles. The predicted molar refractivity (Wildman–Crippen MR) is 59.4 cm³/mol. The van der Waals surface area contributed by atoms with Gasteiger partial charge in [-0.15, -0.1) is 11.3 Å². The minimum atomic E-state index is -3.24. The molecule has 1 aromatic rings. The standard InChI is InChI=1S/C10H12O3S2/c1-6-9(5-11)10(7(2)14-6)15(12,13)8-3-4-8/h5,8H,3-4H2,1-2H3. The first-order valence-electron chi connectivity index (χ1n) is 4.77. The average Bonchev–Trinajstić information content (AvgIpc) is 2.92. The van der Waals surface area contributed by atoms with Gasteiger partial charge < -0.3 is 0 Å². The second-order valence-electron chi connectivity index (χ2n) is 3.82. The van der Waals surface area contributed by atoms with Gasteiger partial charge in [-0.2, -0.15) is 0 Å². The van der Waals surface area contributed by atoms with E-state index in [4.69, 9.17) is 0 Å². The molecule has 0 atom stereocenters. The Morgan fingerprint density at radius 2 is 1.87 bits per heavy atom. The van der Waals surface area contributed by atoms with Crippen molar-refractivity contribution in [3.63, 3.8) is 0 Å². The highest BCUT2D eigenvalue weighted by molar-refractivity contribution is 7.92. The molecule has 1 saturated carbocycles. The third-order valence-electron chi connectivity index (χ3n) is 2.62. The fraction of sp³-hybridized carbons (Fsp3) is 0.500. The smallest absolute Gasteiger partial charge is 0.183 e. The van der Waals surface area contributed by atoms with E-state index in [2.05, 4.69) is 0 Å². The zero-order valence-electron chi connectivity index (χ0n) is 8.61. The summed E-state index contributed by atoms with van der Waals surface area (Å²) in [6.45, 7) is 3.55. The van der Waals surface area contributed by atoms with Crippen LogP contribution in [0, 0.1) is 13.8 Å². The van der Waals surface area contributed by atoms with Crippen LogP contribution >= 0.6 is 11.3 Å². The third kappa shape index (κ3) is 1.63. The largest absolute Gasteiger partial charge is 0.298 e. The van der Waals surface area contributed by atoms with Crippen molar-refractivity contribution in [2.24, 2.45) is 0 Å². The molecule has 1 fully saturated rings. The van der Waals surface area contributed by atoms with Gasteiger partial charge in [0.05, 0.1) is 10.1 Å². The number of aldehydes is 1. The molecule has 0 unspecified atom stereocenters. The molecule has 0 saturated heterocycles.